The molecular weight excluding hydrogens is 378 g/mol. The van der Waals surface area contributed by atoms with E-state index in [-0.39, 0.29) is 17.7 Å². The van der Waals surface area contributed by atoms with E-state index in [4.69, 9.17) is 16.3 Å². The van der Waals surface area contributed by atoms with Gasteiger partial charge in [-0.25, -0.2) is 0 Å². The number of halogens is 2. The van der Waals surface area contributed by atoms with Gasteiger partial charge < -0.3 is 4.74 Å². The summed E-state index contributed by atoms with van der Waals surface area (Å²) in [5.74, 6) is 0.196. The predicted octanol–water partition coefficient (Wildman–Crippen LogP) is 4.33. The van der Waals surface area contributed by atoms with Gasteiger partial charge in [0.25, 0.3) is 11.1 Å². The largest absolute Gasteiger partial charge is 0.494 e. The summed E-state index contributed by atoms with van der Waals surface area (Å²) in [5, 5.41) is 0.119. The van der Waals surface area contributed by atoms with Crippen molar-refractivity contribution >= 4 is 56.5 Å². The van der Waals surface area contributed by atoms with Gasteiger partial charge in [0.05, 0.1) is 21.5 Å². The Bertz CT molecular complexity index is 637. The van der Waals surface area contributed by atoms with Crippen molar-refractivity contribution in [2.24, 2.45) is 0 Å². The van der Waals surface area contributed by atoms with Gasteiger partial charge in [0.1, 0.15) is 0 Å². The molecule has 1 fully saturated rings. The van der Waals surface area contributed by atoms with Crippen LogP contribution < -0.4 is 4.74 Å². The number of carbonyl (C=O) groups is 2. The molecule has 0 N–H and O–H groups in total. The lowest BCUT2D eigenvalue weighted by Crippen LogP contribution is -2.27. The molecule has 0 unspecified atom stereocenters. The van der Waals surface area contributed by atoms with Crippen molar-refractivity contribution in [3.63, 3.8) is 0 Å². The van der Waals surface area contributed by atoms with Crippen LogP contribution in [-0.2, 0) is 4.79 Å². The fraction of sp³-hybridized carbons (Fsp3) is 0.143. The molecule has 7 heteroatoms. The Balaban J connectivity index is 2.35. The highest BCUT2D eigenvalue weighted by molar-refractivity contribution is 9.10. The predicted molar refractivity (Wildman–Crippen MR) is 88.6 cm³/mol. The van der Waals surface area contributed by atoms with Gasteiger partial charge in [0.15, 0.2) is 5.75 Å². The SMILES string of the molecule is C=CCN1C(=O)S/C(=C/c2cc(Cl)c(OC)c(Br)c2)C1=O. The zero-order valence-electron chi connectivity index (χ0n) is 11.1. The van der Waals surface area contributed by atoms with E-state index in [0.29, 0.717) is 25.7 Å². The van der Waals surface area contributed by atoms with E-state index >= 15 is 0 Å². The van der Waals surface area contributed by atoms with Crippen LogP contribution in [0.1, 0.15) is 5.56 Å². The lowest BCUT2D eigenvalue weighted by Gasteiger charge is -2.08. The van der Waals surface area contributed by atoms with Gasteiger partial charge in [-0.1, -0.05) is 17.7 Å². The summed E-state index contributed by atoms with van der Waals surface area (Å²) >= 11 is 10.3. The second-order valence-electron chi connectivity index (χ2n) is 4.10. The van der Waals surface area contributed by atoms with Crippen LogP contribution in [0.25, 0.3) is 6.08 Å². The Labute approximate surface area is 139 Å². The van der Waals surface area contributed by atoms with Crippen LogP contribution in [0, 0.1) is 0 Å². The topological polar surface area (TPSA) is 46.6 Å². The van der Waals surface area contributed by atoms with Crippen LogP contribution in [0.15, 0.2) is 34.2 Å². The molecular formula is C14H11BrClNO3S. The lowest BCUT2D eigenvalue weighted by molar-refractivity contribution is -0.122. The zero-order valence-corrected chi connectivity index (χ0v) is 14.2. The van der Waals surface area contributed by atoms with Crippen LogP contribution in [-0.4, -0.2) is 29.7 Å². The minimum atomic E-state index is -0.326. The zero-order chi connectivity index (χ0) is 15.6. The van der Waals surface area contributed by atoms with Crippen molar-refractivity contribution in [2.45, 2.75) is 0 Å². The van der Waals surface area contributed by atoms with Crippen molar-refractivity contribution < 1.29 is 14.3 Å². The molecule has 110 valence electrons. The Hall–Kier alpha value is -1.24. The fourth-order valence-electron chi connectivity index (χ4n) is 1.80. The Morgan fingerprint density at radius 3 is 2.76 bits per heavy atom. The Kier molecular flexibility index (Phi) is 5.13. The lowest BCUT2D eigenvalue weighted by atomic mass is 10.2. The molecule has 0 bridgehead atoms. The minimum Gasteiger partial charge on any atom is -0.494 e. The summed E-state index contributed by atoms with van der Waals surface area (Å²) in [6.07, 6.45) is 3.14. The number of methoxy groups -OCH3 is 1. The molecule has 1 aromatic rings. The highest BCUT2D eigenvalue weighted by Crippen LogP contribution is 2.37. The number of rotatable bonds is 4. The quantitative estimate of drug-likeness (QED) is 0.569. The number of imide groups is 1. The number of amides is 2. The number of carbonyl (C=O) groups excluding carboxylic acids is 2. The molecule has 0 saturated carbocycles. The summed E-state index contributed by atoms with van der Waals surface area (Å²) in [5.41, 5.74) is 0.705. The molecule has 0 atom stereocenters. The van der Waals surface area contributed by atoms with Gasteiger partial charge in [-0.3, -0.25) is 14.5 Å². The Morgan fingerprint density at radius 2 is 2.19 bits per heavy atom. The highest BCUT2D eigenvalue weighted by atomic mass is 79.9. The molecule has 1 aliphatic heterocycles. The van der Waals surface area contributed by atoms with Crippen LogP contribution in [0.3, 0.4) is 0 Å². The van der Waals surface area contributed by atoms with Gasteiger partial charge in [-0.05, 0) is 51.5 Å². The van der Waals surface area contributed by atoms with Crippen LogP contribution >= 0.6 is 39.3 Å². The van der Waals surface area contributed by atoms with Gasteiger partial charge in [0.2, 0.25) is 0 Å². The first-order chi connectivity index (χ1) is 9.97. The molecule has 4 nitrogen and oxygen atoms in total. The first kappa shape index (κ1) is 16.1. The number of benzene rings is 1. The standard InChI is InChI=1S/C14H11BrClNO3S/c1-3-4-17-13(18)11(21-14(17)19)7-8-5-9(15)12(20-2)10(16)6-8/h3,5-7H,1,4H2,2H3/b11-7+. The third kappa shape index (κ3) is 3.33. The molecule has 1 heterocycles. The van der Waals surface area contributed by atoms with Gasteiger partial charge in [-0.15, -0.1) is 6.58 Å². The molecule has 0 aliphatic carbocycles. The van der Waals surface area contributed by atoms with E-state index in [0.717, 1.165) is 16.7 Å². The second kappa shape index (κ2) is 6.68. The van der Waals surface area contributed by atoms with Gasteiger partial charge >= 0.3 is 0 Å². The molecule has 0 spiro atoms. The monoisotopic (exact) mass is 387 g/mol. The molecule has 1 aromatic carbocycles. The van der Waals surface area contributed by atoms with Crippen molar-refractivity contribution in [1.82, 2.24) is 4.90 Å². The summed E-state index contributed by atoms with van der Waals surface area (Å²) in [6, 6.07) is 3.44. The fourth-order valence-corrected chi connectivity index (χ4v) is 3.70. The minimum absolute atomic E-state index is 0.203. The van der Waals surface area contributed by atoms with E-state index in [9.17, 15) is 9.59 Å². The van der Waals surface area contributed by atoms with E-state index in [1.54, 1.807) is 18.2 Å². The number of hydrogen-bond donors (Lipinski definition) is 0. The smallest absolute Gasteiger partial charge is 0.293 e. The summed E-state index contributed by atoms with van der Waals surface area (Å²) in [6.45, 7) is 3.74. The average molecular weight is 389 g/mol. The number of thioether (sulfide) groups is 1. The van der Waals surface area contributed by atoms with Gasteiger partial charge in [-0.2, -0.15) is 0 Å². The van der Waals surface area contributed by atoms with Crippen LogP contribution in [0.2, 0.25) is 5.02 Å². The van der Waals surface area contributed by atoms with E-state index in [1.165, 1.54) is 13.2 Å². The molecule has 1 aliphatic rings. The molecule has 0 aromatic heterocycles. The molecule has 2 amide bonds. The first-order valence-corrected chi connectivity index (χ1v) is 7.86. The van der Waals surface area contributed by atoms with E-state index < -0.39 is 0 Å². The van der Waals surface area contributed by atoms with Crippen LogP contribution in [0.4, 0.5) is 4.79 Å². The van der Waals surface area contributed by atoms with Crippen molar-refractivity contribution in [3.05, 3.63) is 44.8 Å². The maximum absolute atomic E-state index is 12.1. The van der Waals surface area contributed by atoms with Crippen molar-refractivity contribution in [2.75, 3.05) is 13.7 Å². The van der Waals surface area contributed by atoms with Gasteiger partial charge in [0, 0.05) is 6.54 Å². The van der Waals surface area contributed by atoms with Crippen molar-refractivity contribution in [3.8, 4) is 5.75 Å². The number of ether oxygens (including phenoxy) is 1. The Morgan fingerprint density at radius 1 is 1.48 bits per heavy atom. The number of hydrogen-bond acceptors (Lipinski definition) is 4. The highest BCUT2D eigenvalue weighted by Gasteiger charge is 2.34. The normalized spacial score (nSPS) is 16.7. The van der Waals surface area contributed by atoms with E-state index in [1.807, 2.05) is 0 Å². The van der Waals surface area contributed by atoms with Crippen molar-refractivity contribution in [1.29, 1.82) is 0 Å². The van der Waals surface area contributed by atoms with Crippen LogP contribution in [0.5, 0.6) is 5.75 Å². The average Bonchev–Trinajstić information content (AvgIpc) is 2.66. The molecule has 2 rings (SSSR count). The molecule has 1 saturated heterocycles. The maximum Gasteiger partial charge on any atom is 0.293 e. The maximum atomic E-state index is 12.1. The third-order valence-corrected chi connectivity index (χ3v) is 4.48. The molecule has 0 radical (unpaired) electrons. The second-order valence-corrected chi connectivity index (χ2v) is 6.35. The molecule has 21 heavy (non-hydrogen) atoms. The third-order valence-electron chi connectivity index (χ3n) is 2.71. The summed E-state index contributed by atoms with van der Waals surface area (Å²) in [7, 11) is 1.52. The number of nitrogens with zero attached hydrogens (tertiary/aromatic N) is 1. The summed E-state index contributed by atoms with van der Waals surface area (Å²) < 4.78 is 5.82. The first-order valence-electron chi connectivity index (χ1n) is 5.87. The summed E-state index contributed by atoms with van der Waals surface area (Å²) in [4.78, 5) is 25.3. The van der Waals surface area contributed by atoms with E-state index in [2.05, 4.69) is 22.5 Å².